The average Bonchev–Trinajstić information content (AvgIpc) is 2.66. The van der Waals surface area contributed by atoms with Crippen LogP contribution in [0.1, 0.15) is 18.1 Å². The number of benzene rings is 2. The summed E-state index contributed by atoms with van der Waals surface area (Å²) < 4.78 is 16.9. The van der Waals surface area contributed by atoms with E-state index in [9.17, 15) is 4.79 Å². The molecule has 2 aromatic rings. The lowest BCUT2D eigenvalue weighted by molar-refractivity contribution is -0.123. The van der Waals surface area contributed by atoms with Crippen LogP contribution in [0.15, 0.2) is 46.0 Å². The zero-order chi connectivity index (χ0) is 18.9. The first-order valence-electron chi connectivity index (χ1n) is 8.02. The van der Waals surface area contributed by atoms with Gasteiger partial charge >= 0.3 is 0 Å². The topological polar surface area (TPSA) is 69.2 Å². The van der Waals surface area contributed by atoms with Crippen LogP contribution >= 0.6 is 15.9 Å². The molecule has 7 heteroatoms. The van der Waals surface area contributed by atoms with Gasteiger partial charge in [-0.25, -0.2) is 5.43 Å². The summed E-state index contributed by atoms with van der Waals surface area (Å²) in [5.74, 6) is 1.57. The number of amides is 1. The molecular weight excluding hydrogens is 400 g/mol. The molecule has 0 radical (unpaired) electrons. The fourth-order valence-electron chi connectivity index (χ4n) is 2.25. The van der Waals surface area contributed by atoms with Crippen LogP contribution in [0.4, 0.5) is 0 Å². The van der Waals surface area contributed by atoms with Crippen LogP contribution in [0.3, 0.4) is 0 Å². The molecule has 0 aromatic heterocycles. The van der Waals surface area contributed by atoms with Crippen LogP contribution in [0.25, 0.3) is 0 Å². The second-order valence-corrected chi connectivity index (χ2v) is 6.22. The van der Waals surface area contributed by atoms with Crippen molar-refractivity contribution in [1.29, 1.82) is 0 Å². The molecule has 6 nitrogen and oxygen atoms in total. The van der Waals surface area contributed by atoms with E-state index in [1.165, 1.54) is 6.21 Å². The van der Waals surface area contributed by atoms with Crippen molar-refractivity contribution >= 4 is 28.1 Å². The molecule has 138 valence electrons. The van der Waals surface area contributed by atoms with Gasteiger partial charge in [-0.3, -0.25) is 4.79 Å². The summed E-state index contributed by atoms with van der Waals surface area (Å²) in [5, 5.41) is 3.93. The van der Waals surface area contributed by atoms with Crippen molar-refractivity contribution in [1.82, 2.24) is 5.43 Å². The van der Waals surface area contributed by atoms with E-state index < -0.39 is 0 Å². The van der Waals surface area contributed by atoms with E-state index in [-0.39, 0.29) is 12.5 Å². The minimum atomic E-state index is -0.341. The Morgan fingerprint density at radius 3 is 2.54 bits per heavy atom. The highest BCUT2D eigenvalue weighted by atomic mass is 79.9. The highest BCUT2D eigenvalue weighted by Crippen LogP contribution is 2.27. The lowest BCUT2D eigenvalue weighted by Gasteiger charge is -2.10. The molecule has 1 N–H and O–H groups in total. The molecule has 0 saturated carbocycles. The summed E-state index contributed by atoms with van der Waals surface area (Å²) in [6.07, 6.45) is 2.34. The van der Waals surface area contributed by atoms with Gasteiger partial charge in [0.25, 0.3) is 5.91 Å². The van der Waals surface area contributed by atoms with Crippen molar-refractivity contribution < 1.29 is 19.0 Å². The second-order valence-electron chi connectivity index (χ2n) is 5.30. The number of hydrazone groups is 1. The number of methoxy groups -OCH3 is 2. The molecule has 0 aliphatic rings. The normalized spacial score (nSPS) is 10.6. The molecule has 0 saturated heterocycles. The van der Waals surface area contributed by atoms with Crippen molar-refractivity contribution in [2.45, 2.75) is 13.3 Å². The maximum atomic E-state index is 11.9. The van der Waals surface area contributed by atoms with Crippen LogP contribution in [0, 0.1) is 0 Å². The molecule has 26 heavy (non-hydrogen) atoms. The van der Waals surface area contributed by atoms with Gasteiger partial charge in [-0.1, -0.05) is 22.9 Å². The average molecular weight is 421 g/mol. The zero-order valence-corrected chi connectivity index (χ0v) is 16.5. The van der Waals surface area contributed by atoms with E-state index in [2.05, 4.69) is 26.5 Å². The fraction of sp³-hybridized carbons (Fsp3) is 0.263. The summed E-state index contributed by atoms with van der Waals surface area (Å²) in [4.78, 5) is 11.9. The number of hydrogen-bond acceptors (Lipinski definition) is 5. The smallest absolute Gasteiger partial charge is 0.277 e. The first-order chi connectivity index (χ1) is 12.6. The number of ether oxygens (including phenoxy) is 3. The molecule has 0 heterocycles. The summed E-state index contributed by atoms with van der Waals surface area (Å²) >= 11 is 3.42. The fourth-order valence-corrected chi connectivity index (χ4v) is 2.66. The molecule has 0 unspecified atom stereocenters. The Bertz CT molecular complexity index is 793. The number of halogens is 1. The van der Waals surface area contributed by atoms with E-state index in [1.54, 1.807) is 26.4 Å². The van der Waals surface area contributed by atoms with Gasteiger partial charge in [0, 0.05) is 4.47 Å². The third-order valence-corrected chi connectivity index (χ3v) is 4.07. The third-order valence-electron chi connectivity index (χ3n) is 3.57. The number of carbonyl (C=O) groups excluding carboxylic acids is 1. The lowest BCUT2D eigenvalue weighted by atomic mass is 10.1. The molecule has 0 aliphatic heterocycles. The number of hydrogen-bond donors (Lipinski definition) is 1. The van der Waals surface area contributed by atoms with Crippen molar-refractivity contribution in [3.05, 3.63) is 52.0 Å². The molecule has 0 bridgehead atoms. The Morgan fingerprint density at radius 2 is 1.85 bits per heavy atom. The summed E-state index contributed by atoms with van der Waals surface area (Å²) in [7, 11) is 3.13. The van der Waals surface area contributed by atoms with Gasteiger partial charge in [0.05, 0.1) is 20.4 Å². The Morgan fingerprint density at radius 1 is 1.12 bits per heavy atom. The van der Waals surface area contributed by atoms with Crippen molar-refractivity contribution in [2.24, 2.45) is 5.10 Å². The van der Waals surface area contributed by atoms with Gasteiger partial charge in [0.2, 0.25) is 0 Å². The van der Waals surface area contributed by atoms with E-state index in [0.717, 1.165) is 22.0 Å². The van der Waals surface area contributed by atoms with Crippen molar-refractivity contribution in [3.63, 3.8) is 0 Å². The maximum absolute atomic E-state index is 11.9. The van der Waals surface area contributed by atoms with Crippen molar-refractivity contribution in [2.75, 3.05) is 20.8 Å². The molecule has 2 rings (SSSR count). The Kier molecular flexibility index (Phi) is 7.47. The molecule has 2 aromatic carbocycles. The molecule has 0 spiro atoms. The predicted octanol–water partition coefficient (Wildman–Crippen LogP) is 3.56. The number of aryl methyl sites for hydroxylation is 1. The predicted molar refractivity (Wildman–Crippen MR) is 104 cm³/mol. The first-order valence-corrected chi connectivity index (χ1v) is 8.81. The maximum Gasteiger partial charge on any atom is 0.277 e. The summed E-state index contributed by atoms with van der Waals surface area (Å²) in [6.45, 7) is 1.92. The van der Waals surface area contributed by atoms with E-state index in [4.69, 9.17) is 14.2 Å². The molecule has 0 fully saturated rings. The monoisotopic (exact) mass is 420 g/mol. The zero-order valence-electron chi connectivity index (χ0n) is 14.9. The minimum absolute atomic E-state index is 0.113. The largest absolute Gasteiger partial charge is 0.493 e. The van der Waals surface area contributed by atoms with Crippen LogP contribution in [0.5, 0.6) is 17.2 Å². The Hall–Kier alpha value is -2.54. The van der Waals surface area contributed by atoms with Gasteiger partial charge in [-0.15, -0.1) is 0 Å². The molecular formula is C19H21BrN2O4. The number of carbonyl (C=O) groups is 1. The number of rotatable bonds is 8. The molecule has 1 amide bonds. The lowest BCUT2D eigenvalue weighted by Crippen LogP contribution is -2.24. The third kappa shape index (κ3) is 5.49. The van der Waals surface area contributed by atoms with Gasteiger partial charge in [-0.05, 0) is 53.9 Å². The SMILES string of the molecule is CCc1cc(Br)ccc1OCC(=O)N/N=C/c1ccc(OC)c(OC)c1. The van der Waals surface area contributed by atoms with Gasteiger partial charge in [0.1, 0.15) is 5.75 Å². The summed E-state index contributed by atoms with van der Waals surface area (Å²) in [5.41, 5.74) is 4.24. The molecule has 0 aliphatic carbocycles. The van der Waals surface area contributed by atoms with Gasteiger partial charge < -0.3 is 14.2 Å². The number of nitrogens with zero attached hydrogens (tertiary/aromatic N) is 1. The second kappa shape index (κ2) is 9.82. The van der Waals surface area contributed by atoms with Crippen LogP contribution in [-0.2, 0) is 11.2 Å². The number of nitrogens with one attached hydrogen (secondary N) is 1. The first kappa shape index (κ1) is 19.8. The minimum Gasteiger partial charge on any atom is -0.493 e. The molecule has 0 atom stereocenters. The standard InChI is InChI=1S/C19H21BrN2O4/c1-4-14-10-15(20)6-8-16(14)26-12-19(23)22-21-11-13-5-7-17(24-2)18(9-13)25-3/h5-11H,4,12H2,1-3H3,(H,22,23)/b21-11+. The highest BCUT2D eigenvalue weighted by Gasteiger charge is 2.06. The summed E-state index contributed by atoms with van der Waals surface area (Å²) in [6, 6.07) is 11.0. The Balaban J connectivity index is 1.90. The van der Waals surface area contributed by atoms with E-state index >= 15 is 0 Å². The highest BCUT2D eigenvalue weighted by molar-refractivity contribution is 9.10. The Labute approximate surface area is 161 Å². The van der Waals surface area contributed by atoms with Gasteiger partial charge in [0.15, 0.2) is 18.1 Å². The van der Waals surface area contributed by atoms with Crippen LogP contribution < -0.4 is 19.6 Å². The van der Waals surface area contributed by atoms with Crippen LogP contribution in [-0.4, -0.2) is 32.9 Å². The van der Waals surface area contributed by atoms with Crippen LogP contribution in [0.2, 0.25) is 0 Å². The van der Waals surface area contributed by atoms with E-state index in [0.29, 0.717) is 17.2 Å². The quantitative estimate of drug-likeness (QED) is 0.523. The van der Waals surface area contributed by atoms with Gasteiger partial charge in [-0.2, -0.15) is 5.10 Å². The van der Waals surface area contributed by atoms with E-state index in [1.807, 2.05) is 31.2 Å². The van der Waals surface area contributed by atoms with Crippen molar-refractivity contribution in [3.8, 4) is 17.2 Å².